The maximum atomic E-state index is 10.3. The van der Waals surface area contributed by atoms with Gasteiger partial charge in [-0.2, -0.15) is 15.4 Å². The number of carboxylic acid groups (broad SMARTS) is 3. The highest BCUT2D eigenvalue weighted by Crippen LogP contribution is 2.28. The number of hydrogen-bond acceptors (Lipinski definition) is 10. The molecule has 3 aromatic rings. The summed E-state index contributed by atoms with van der Waals surface area (Å²) in [6, 6.07) is 16.1. The summed E-state index contributed by atoms with van der Waals surface area (Å²) in [5.74, 6) is -3.42. The van der Waals surface area contributed by atoms with Gasteiger partial charge >= 0.3 is 17.9 Å². The number of aliphatic hydroxyl groups is 1. The summed E-state index contributed by atoms with van der Waals surface area (Å²) in [6.07, 6.45) is 0.148. The van der Waals surface area contributed by atoms with Gasteiger partial charge in [0.05, 0.1) is 33.2 Å². The third kappa shape index (κ3) is 9.77. The van der Waals surface area contributed by atoms with Gasteiger partial charge in [-0.05, 0) is 18.9 Å². The lowest BCUT2D eigenvalue weighted by Gasteiger charge is -2.25. The van der Waals surface area contributed by atoms with Crippen LogP contribution in [0.1, 0.15) is 36.9 Å². The lowest BCUT2D eigenvalue weighted by Crippen LogP contribution is -2.42. The number of aromatic nitrogens is 3. The van der Waals surface area contributed by atoms with Gasteiger partial charge in [-0.3, -0.25) is 14.5 Å². The fourth-order valence-electron chi connectivity index (χ4n) is 4.60. The third-order valence-corrected chi connectivity index (χ3v) is 6.70. The predicted molar refractivity (Wildman–Crippen MR) is 152 cm³/mol. The summed E-state index contributed by atoms with van der Waals surface area (Å²) in [5, 5.41) is 45.5. The molecule has 232 valence electrons. The van der Waals surface area contributed by atoms with E-state index in [1.54, 1.807) is 14.2 Å². The number of H-pyrrole nitrogens is 1. The minimum Gasteiger partial charge on any atom is -0.497 e. The normalized spacial score (nSPS) is 14.6. The number of nitrogens with one attached hydrogen (secondary N) is 1. The summed E-state index contributed by atoms with van der Waals surface area (Å²) in [6.45, 7) is 3.05. The maximum absolute atomic E-state index is 10.3. The Morgan fingerprint density at radius 2 is 1.70 bits per heavy atom. The van der Waals surface area contributed by atoms with Crippen LogP contribution in [-0.4, -0.2) is 97.7 Å². The first kappa shape index (κ1) is 33.0. The van der Waals surface area contributed by atoms with Gasteiger partial charge < -0.3 is 34.6 Å². The molecule has 4 rings (SSSR count). The van der Waals surface area contributed by atoms with E-state index in [2.05, 4.69) is 38.5 Å². The fourth-order valence-corrected chi connectivity index (χ4v) is 4.60. The number of aliphatic carboxylic acids is 3. The standard InChI is InChI=1S/C23H28N4O3.C6H8O7/c1-28-19-11-10-18(22(13-19)29-2)14-27(15-20-9-6-12-30-20)16-21-23(25-26-24-21)17-7-4-3-5-8-17;7-3(8)1-6(13,5(11)12)2-4(9)10/h3-5,7-8,10-11,13,20H,6,9,12,14-16H2,1-2H3,(H,24,25,26);13H,1-2H2,(H,7,8)(H,9,10)(H,11,12). The molecule has 2 heterocycles. The van der Waals surface area contributed by atoms with Gasteiger partial charge in [0.25, 0.3) is 0 Å². The monoisotopic (exact) mass is 600 g/mol. The molecular weight excluding hydrogens is 564 g/mol. The summed E-state index contributed by atoms with van der Waals surface area (Å²) in [4.78, 5) is 32.8. The molecule has 5 N–H and O–H groups in total. The molecule has 0 aliphatic carbocycles. The molecule has 43 heavy (non-hydrogen) atoms. The van der Waals surface area contributed by atoms with E-state index < -0.39 is 36.4 Å². The van der Waals surface area contributed by atoms with Crippen LogP contribution < -0.4 is 9.47 Å². The minimum absolute atomic E-state index is 0.237. The number of aromatic amines is 1. The minimum atomic E-state index is -2.74. The Labute approximate surface area is 247 Å². The molecule has 1 fully saturated rings. The largest absolute Gasteiger partial charge is 0.497 e. The molecule has 14 nitrogen and oxygen atoms in total. The molecule has 1 aliphatic heterocycles. The summed E-state index contributed by atoms with van der Waals surface area (Å²) in [5.41, 5.74) is 1.22. The molecule has 1 atom stereocenters. The van der Waals surface area contributed by atoms with E-state index in [1.165, 1.54) is 0 Å². The van der Waals surface area contributed by atoms with Crippen LogP contribution >= 0.6 is 0 Å². The molecule has 1 unspecified atom stereocenters. The number of methoxy groups -OCH3 is 2. The van der Waals surface area contributed by atoms with E-state index in [0.717, 1.165) is 60.0 Å². The SMILES string of the molecule is COc1ccc(CN(Cc2n[nH]nc2-c2ccccc2)CC2CCCO2)c(OC)c1.O=C(O)CC(O)(CC(=O)O)C(=O)O. The maximum Gasteiger partial charge on any atom is 0.336 e. The fraction of sp³-hybridized carbons (Fsp3) is 0.414. The smallest absolute Gasteiger partial charge is 0.336 e. The molecule has 0 bridgehead atoms. The van der Waals surface area contributed by atoms with Crippen LogP contribution in [-0.2, 0) is 32.2 Å². The summed E-state index contributed by atoms with van der Waals surface area (Å²) < 4.78 is 16.9. The topological polar surface area (TPSA) is 205 Å². The van der Waals surface area contributed by atoms with E-state index in [9.17, 15) is 14.4 Å². The Balaban J connectivity index is 0.000000331. The van der Waals surface area contributed by atoms with Gasteiger partial charge in [-0.15, -0.1) is 0 Å². The van der Waals surface area contributed by atoms with Crippen molar-refractivity contribution in [1.29, 1.82) is 0 Å². The Hall–Kier alpha value is -4.53. The molecule has 14 heteroatoms. The van der Waals surface area contributed by atoms with E-state index in [-0.39, 0.29) is 6.10 Å². The van der Waals surface area contributed by atoms with Crippen LogP contribution in [0.5, 0.6) is 11.5 Å². The van der Waals surface area contributed by atoms with E-state index in [0.29, 0.717) is 13.1 Å². The molecule has 1 saturated heterocycles. The number of carbonyl (C=O) groups is 3. The van der Waals surface area contributed by atoms with Crippen molar-refractivity contribution >= 4 is 17.9 Å². The van der Waals surface area contributed by atoms with Crippen molar-refractivity contribution in [3.8, 4) is 22.8 Å². The number of benzene rings is 2. The Morgan fingerprint density at radius 1 is 1.00 bits per heavy atom. The zero-order chi connectivity index (χ0) is 31.4. The number of hydrogen-bond donors (Lipinski definition) is 5. The van der Waals surface area contributed by atoms with Crippen LogP contribution in [0.3, 0.4) is 0 Å². The van der Waals surface area contributed by atoms with Crippen molar-refractivity contribution in [1.82, 2.24) is 20.3 Å². The number of carboxylic acids is 3. The van der Waals surface area contributed by atoms with Gasteiger partial charge in [0.15, 0.2) is 5.60 Å². The number of ether oxygens (including phenoxy) is 3. The van der Waals surface area contributed by atoms with Crippen molar-refractivity contribution < 1.29 is 49.0 Å². The van der Waals surface area contributed by atoms with Crippen molar-refractivity contribution in [2.24, 2.45) is 0 Å². The van der Waals surface area contributed by atoms with Gasteiger partial charge in [-0.25, -0.2) is 4.79 Å². The van der Waals surface area contributed by atoms with Crippen LogP contribution in [0, 0.1) is 0 Å². The van der Waals surface area contributed by atoms with Crippen molar-refractivity contribution in [2.45, 2.75) is 50.5 Å². The number of nitrogens with zero attached hydrogens (tertiary/aromatic N) is 3. The van der Waals surface area contributed by atoms with Gasteiger partial charge in [0.2, 0.25) is 0 Å². The Morgan fingerprint density at radius 3 is 2.26 bits per heavy atom. The van der Waals surface area contributed by atoms with E-state index in [4.69, 9.17) is 34.6 Å². The third-order valence-electron chi connectivity index (χ3n) is 6.70. The average Bonchev–Trinajstić information content (AvgIpc) is 3.65. The zero-order valence-electron chi connectivity index (χ0n) is 23.9. The van der Waals surface area contributed by atoms with Gasteiger partial charge in [-0.1, -0.05) is 36.4 Å². The summed E-state index contributed by atoms with van der Waals surface area (Å²) in [7, 11) is 3.35. The van der Waals surface area contributed by atoms with Crippen LogP contribution in [0.25, 0.3) is 11.3 Å². The van der Waals surface area contributed by atoms with Crippen molar-refractivity contribution in [3.63, 3.8) is 0 Å². The lowest BCUT2D eigenvalue weighted by atomic mass is 9.96. The van der Waals surface area contributed by atoms with Crippen molar-refractivity contribution in [3.05, 3.63) is 59.8 Å². The summed E-state index contributed by atoms with van der Waals surface area (Å²) >= 11 is 0. The molecule has 0 spiro atoms. The van der Waals surface area contributed by atoms with E-state index in [1.807, 2.05) is 30.3 Å². The quantitative estimate of drug-likeness (QED) is 0.181. The van der Waals surface area contributed by atoms with E-state index >= 15 is 0 Å². The number of rotatable bonds is 14. The van der Waals surface area contributed by atoms with Crippen LogP contribution in [0.2, 0.25) is 0 Å². The Bertz CT molecular complexity index is 1340. The molecular formula is C29H36N4O10. The highest BCUT2D eigenvalue weighted by molar-refractivity contribution is 5.88. The van der Waals surface area contributed by atoms with Crippen molar-refractivity contribution in [2.75, 3.05) is 27.4 Å². The second kappa shape index (κ2) is 15.6. The van der Waals surface area contributed by atoms with Crippen LogP contribution in [0.4, 0.5) is 0 Å². The second-order valence-electron chi connectivity index (χ2n) is 9.95. The lowest BCUT2D eigenvalue weighted by molar-refractivity contribution is -0.170. The molecule has 0 amide bonds. The highest BCUT2D eigenvalue weighted by atomic mass is 16.5. The first-order valence-electron chi connectivity index (χ1n) is 13.4. The van der Waals surface area contributed by atoms with Gasteiger partial charge in [0.1, 0.15) is 22.9 Å². The molecule has 1 aromatic heterocycles. The zero-order valence-corrected chi connectivity index (χ0v) is 23.9. The molecule has 0 radical (unpaired) electrons. The first-order valence-corrected chi connectivity index (χ1v) is 13.4. The second-order valence-corrected chi connectivity index (χ2v) is 9.95. The highest BCUT2D eigenvalue weighted by Gasteiger charge is 2.40. The first-order chi connectivity index (χ1) is 20.5. The predicted octanol–water partition coefficient (Wildman–Crippen LogP) is 2.42. The van der Waals surface area contributed by atoms with Crippen LogP contribution in [0.15, 0.2) is 48.5 Å². The Kier molecular flexibility index (Phi) is 12.0. The average molecular weight is 601 g/mol. The molecule has 1 aliphatic rings. The molecule has 0 saturated carbocycles. The molecule has 2 aromatic carbocycles. The van der Waals surface area contributed by atoms with Gasteiger partial charge in [0, 0.05) is 43.4 Å².